The highest BCUT2D eigenvalue weighted by Gasteiger charge is 2.28. The van der Waals surface area contributed by atoms with E-state index in [1.807, 2.05) is 31.2 Å². The predicted octanol–water partition coefficient (Wildman–Crippen LogP) is 4.28. The maximum Gasteiger partial charge on any atom is 0.309 e. The summed E-state index contributed by atoms with van der Waals surface area (Å²) in [6.45, 7) is 5.20. The van der Waals surface area contributed by atoms with Gasteiger partial charge in [-0.1, -0.05) is 41.6 Å². The number of aromatic nitrogens is 3. The fourth-order valence-electron chi connectivity index (χ4n) is 3.95. The minimum atomic E-state index is -0.389. The number of carbonyl (C=O) groups is 2. The molecule has 3 aromatic rings. The number of likely N-dealkylation sites (tertiary alicyclic amines) is 1. The summed E-state index contributed by atoms with van der Waals surface area (Å²) in [5, 5.41) is 9.05. The Morgan fingerprint density at radius 2 is 1.79 bits per heavy atom. The Kier molecular flexibility index (Phi) is 7.62. The first-order chi connectivity index (χ1) is 16.5. The highest BCUT2D eigenvalue weighted by Crippen LogP contribution is 2.30. The number of thioether (sulfide) groups is 1. The molecule has 4 rings (SSSR count). The number of halogens is 1. The summed E-state index contributed by atoms with van der Waals surface area (Å²) >= 11 is 1.27. The molecule has 0 N–H and O–H groups in total. The third kappa shape index (κ3) is 5.30. The molecule has 0 spiro atoms. The second-order valence-corrected chi connectivity index (χ2v) is 9.10. The van der Waals surface area contributed by atoms with Gasteiger partial charge in [-0.25, -0.2) is 4.39 Å². The third-order valence-electron chi connectivity index (χ3n) is 5.83. The van der Waals surface area contributed by atoms with E-state index in [0.29, 0.717) is 49.1 Å². The maximum atomic E-state index is 14.6. The van der Waals surface area contributed by atoms with Crippen LogP contribution in [-0.4, -0.2) is 57.0 Å². The lowest BCUT2D eigenvalue weighted by Gasteiger charge is -2.30. The van der Waals surface area contributed by atoms with Gasteiger partial charge in [0.2, 0.25) is 5.91 Å². The number of rotatable bonds is 7. The standard InChI is InChI=1S/C25H27FN4O3S/c1-3-33-24(32)18-12-14-29(15-13-18)22(31)16-34-25-28-27-23(20-6-4-5-7-21(20)26)30(25)19-10-8-17(2)9-11-19/h4-11,18H,3,12-16H2,1-2H3. The molecule has 1 aliphatic heterocycles. The van der Waals surface area contributed by atoms with Gasteiger partial charge < -0.3 is 9.64 Å². The Morgan fingerprint density at radius 3 is 2.47 bits per heavy atom. The van der Waals surface area contributed by atoms with Crippen LogP contribution in [0.5, 0.6) is 0 Å². The molecule has 1 saturated heterocycles. The number of benzene rings is 2. The molecule has 1 aliphatic rings. The number of hydrogen-bond donors (Lipinski definition) is 0. The molecule has 0 unspecified atom stereocenters. The van der Waals surface area contributed by atoms with Crippen molar-refractivity contribution in [2.24, 2.45) is 5.92 Å². The summed E-state index contributed by atoms with van der Waals surface area (Å²) in [6.07, 6.45) is 1.21. The lowest BCUT2D eigenvalue weighted by Crippen LogP contribution is -2.41. The van der Waals surface area contributed by atoms with Crippen LogP contribution in [0.15, 0.2) is 53.7 Å². The van der Waals surface area contributed by atoms with Crippen molar-refractivity contribution in [1.82, 2.24) is 19.7 Å². The SMILES string of the molecule is CCOC(=O)C1CCN(C(=O)CSc2nnc(-c3ccccc3F)n2-c2ccc(C)cc2)CC1. The van der Waals surface area contributed by atoms with Crippen LogP contribution in [0.4, 0.5) is 4.39 Å². The number of hydrogen-bond acceptors (Lipinski definition) is 6. The molecule has 1 fully saturated rings. The summed E-state index contributed by atoms with van der Waals surface area (Å²) in [6, 6.07) is 14.2. The minimum absolute atomic E-state index is 0.0294. The van der Waals surface area contributed by atoms with Crippen LogP contribution < -0.4 is 0 Å². The smallest absolute Gasteiger partial charge is 0.309 e. The second-order valence-electron chi connectivity index (χ2n) is 8.15. The van der Waals surface area contributed by atoms with Crippen LogP contribution in [0.3, 0.4) is 0 Å². The van der Waals surface area contributed by atoms with Gasteiger partial charge in [-0.15, -0.1) is 10.2 Å². The molecular weight excluding hydrogens is 455 g/mol. The average molecular weight is 483 g/mol. The number of amides is 1. The van der Waals surface area contributed by atoms with Gasteiger partial charge in [0.05, 0.1) is 23.8 Å². The predicted molar refractivity (Wildman–Crippen MR) is 128 cm³/mol. The number of piperidine rings is 1. The molecule has 2 heterocycles. The summed E-state index contributed by atoms with van der Waals surface area (Å²) in [7, 11) is 0. The van der Waals surface area contributed by atoms with Gasteiger partial charge in [0, 0.05) is 18.8 Å². The topological polar surface area (TPSA) is 77.3 Å². The second kappa shape index (κ2) is 10.8. The minimum Gasteiger partial charge on any atom is -0.466 e. The van der Waals surface area contributed by atoms with E-state index < -0.39 is 0 Å². The molecular formula is C25H27FN4O3S. The van der Waals surface area contributed by atoms with E-state index in [1.54, 1.807) is 34.6 Å². The van der Waals surface area contributed by atoms with Crippen LogP contribution in [-0.2, 0) is 14.3 Å². The van der Waals surface area contributed by atoms with Crippen LogP contribution in [0.25, 0.3) is 17.1 Å². The summed E-state index contributed by atoms with van der Waals surface area (Å²) in [5.41, 5.74) is 2.23. The van der Waals surface area contributed by atoms with Crippen LogP contribution in [0.2, 0.25) is 0 Å². The van der Waals surface area contributed by atoms with Crippen molar-refractivity contribution in [2.75, 3.05) is 25.4 Å². The van der Waals surface area contributed by atoms with E-state index in [1.165, 1.54) is 17.8 Å². The molecule has 2 aromatic carbocycles. The van der Waals surface area contributed by atoms with Crippen molar-refractivity contribution in [1.29, 1.82) is 0 Å². The quantitative estimate of drug-likeness (QED) is 0.370. The summed E-state index contributed by atoms with van der Waals surface area (Å²) in [5.74, 6) is -0.197. The van der Waals surface area contributed by atoms with Crippen LogP contribution in [0, 0.1) is 18.7 Å². The van der Waals surface area contributed by atoms with Crippen molar-refractivity contribution >= 4 is 23.6 Å². The first kappa shape index (κ1) is 23.9. The van der Waals surface area contributed by atoms with Crippen LogP contribution in [0.1, 0.15) is 25.3 Å². The van der Waals surface area contributed by atoms with E-state index in [9.17, 15) is 14.0 Å². The Balaban J connectivity index is 1.50. The zero-order chi connectivity index (χ0) is 24.1. The Morgan fingerprint density at radius 1 is 1.09 bits per heavy atom. The average Bonchev–Trinajstić information content (AvgIpc) is 3.27. The first-order valence-electron chi connectivity index (χ1n) is 11.3. The van der Waals surface area contributed by atoms with Crippen molar-refractivity contribution in [3.05, 3.63) is 59.9 Å². The van der Waals surface area contributed by atoms with E-state index in [0.717, 1.165) is 11.3 Å². The molecule has 1 amide bonds. The molecule has 7 nitrogen and oxygen atoms in total. The monoisotopic (exact) mass is 482 g/mol. The Hall–Kier alpha value is -3.20. The van der Waals surface area contributed by atoms with E-state index in [-0.39, 0.29) is 29.4 Å². The molecule has 0 aliphatic carbocycles. The van der Waals surface area contributed by atoms with E-state index in [4.69, 9.17) is 4.74 Å². The van der Waals surface area contributed by atoms with Gasteiger partial charge in [-0.3, -0.25) is 14.2 Å². The fraction of sp³-hybridized carbons (Fsp3) is 0.360. The van der Waals surface area contributed by atoms with Crippen molar-refractivity contribution in [3.63, 3.8) is 0 Å². The van der Waals surface area contributed by atoms with Crippen LogP contribution >= 0.6 is 11.8 Å². The highest BCUT2D eigenvalue weighted by molar-refractivity contribution is 7.99. The summed E-state index contributed by atoms with van der Waals surface area (Å²) < 4.78 is 21.4. The zero-order valence-corrected chi connectivity index (χ0v) is 20.1. The molecule has 0 bridgehead atoms. The summed E-state index contributed by atoms with van der Waals surface area (Å²) in [4.78, 5) is 26.6. The van der Waals surface area contributed by atoms with Gasteiger partial charge in [-0.2, -0.15) is 0 Å². The Bertz CT molecular complexity index is 1160. The van der Waals surface area contributed by atoms with Gasteiger partial charge in [0.25, 0.3) is 0 Å². The molecule has 0 radical (unpaired) electrons. The van der Waals surface area contributed by atoms with E-state index in [2.05, 4.69) is 10.2 Å². The highest BCUT2D eigenvalue weighted by atomic mass is 32.2. The van der Waals surface area contributed by atoms with E-state index >= 15 is 0 Å². The normalized spacial score (nSPS) is 14.3. The van der Waals surface area contributed by atoms with Gasteiger partial charge in [-0.05, 0) is 51.0 Å². The van der Waals surface area contributed by atoms with Gasteiger partial charge in [0.15, 0.2) is 11.0 Å². The number of aryl methyl sites for hydroxylation is 1. The van der Waals surface area contributed by atoms with Crippen molar-refractivity contribution < 1.29 is 18.7 Å². The zero-order valence-electron chi connectivity index (χ0n) is 19.2. The number of ether oxygens (including phenoxy) is 1. The molecule has 9 heteroatoms. The lowest BCUT2D eigenvalue weighted by molar-refractivity contribution is -0.151. The largest absolute Gasteiger partial charge is 0.466 e. The van der Waals surface area contributed by atoms with Gasteiger partial charge in [0.1, 0.15) is 5.82 Å². The third-order valence-corrected chi connectivity index (χ3v) is 6.75. The van der Waals surface area contributed by atoms with Crippen molar-refractivity contribution in [2.45, 2.75) is 31.8 Å². The van der Waals surface area contributed by atoms with Crippen molar-refractivity contribution in [3.8, 4) is 17.1 Å². The molecule has 0 saturated carbocycles. The fourth-order valence-corrected chi connectivity index (χ4v) is 4.80. The lowest BCUT2D eigenvalue weighted by atomic mass is 9.97. The van der Waals surface area contributed by atoms with Gasteiger partial charge >= 0.3 is 5.97 Å². The number of esters is 1. The number of carbonyl (C=O) groups excluding carboxylic acids is 2. The molecule has 178 valence electrons. The Labute approximate surface area is 202 Å². The first-order valence-corrected chi connectivity index (χ1v) is 12.3. The molecule has 34 heavy (non-hydrogen) atoms. The molecule has 0 atom stereocenters. The maximum absolute atomic E-state index is 14.6. The molecule has 1 aromatic heterocycles. The number of nitrogens with zero attached hydrogens (tertiary/aromatic N) is 4.